The molecule has 28 heavy (non-hydrogen) atoms. The lowest BCUT2D eigenvalue weighted by Gasteiger charge is -2.13. The first-order chi connectivity index (χ1) is 13.5. The summed E-state index contributed by atoms with van der Waals surface area (Å²) in [4.78, 5) is 15.2. The molecule has 0 amide bonds. The molecular formula is C21H21NO5S. The molecule has 0 aliphatic heterocycles. The van der Waals surface area contributed by atoms with Crippen LogP contribution in [0.5, 0.6) is 17.2 Å². The van der Waals surface area contributed by atoms with E-state index >= 15 is 0 Å². The number of aryl methyl sites for hydroxylation is 2. The minimum absolute atomic E-state index is 0.0279. The van der Waals surface area contributed by atoms with E-state index in [4.69, 9.17) is 19.3 Å². The number of thiazole rings is 1. The Labute approximate surface area is 167 Å². The number of aromatic nitrogens is 1. The molecule has 0 bridgehead atoms. The summed E-state index contributed by atoms with van der Waals surface area (Å²) in [5, 5.41) is 11.2. The summed E-state index contributed by atoms with van der Waals surface area (Å²) >= 11 is 1.27. The summed E-state index contributed by atoms with van der Waals surface area (Å²) < 4.78 is 17.0. The molecule has 1 aromatic heterocycles. The van der Waals surface area contributed by atoms with Gasteiger partial charge < -0.3 is 19.3 Å². The standard InChI is InChI=1S/C21H21NO5S/c1-13-4-6-17(14(2)10-13)26-8-9-27-19-11-15(5-7-18(19)25-3)20-22-16(12-28-20)21(23)24/h4-7,10-12H,8-9H2,1-3H3,(H,23,24). The highest BCUT2D eigenvalue weighted by molar-refractivity contribution is 7.13. The summed E-state index contributed by atoms with van der Waals surface area (Å²) in [5.41, 5.74) is 3.07. The number of benzene rings is 2. The van der Waals surface area contributed by atoms with Crippen LogP contribution in [0.1, 0.15) is 21.6 Å². The van der Waals surface area contributed by atoms with Crippen molar-refractivity contribution < 1.29 is 24.1 Å². The van der Waals surface area contributed by atoms with E-state index < -0.39 is 5.97 Å². The van der Waals surface area contributed by atoms with E-state index in [0.29, 0.717) is 29.7 Å². The van der Waals surface area contributed by atoms with Crippen molar-refractivity contribution in [2.45, 2.75) is 13.8 Å². The molecule has 3 rings (SSSR count). The maximum Gasteiger partial charge on any atom is 0.355 e. The molecule has 6 nitrogen and oxygen atoms in total. The van der Waals surface area contributed by atoms with Crippen molar-refractivity contribution >= 4 is 17.3 Å². The van der Waals surface area contributed by atoms with Gasteiger partial charge in [-0.25, -0.2) is 9.78 Å². The van der Waals surface area contributed by atoms with E-state index in [1.54, 1.807) is 19.2 Å². The van der Waals surface area contributed by atoms with Crippen LogP contribution in [0.2, 0.25) is 0 Å². The van der Waals surface area contributed by atoms with Crippen molar-refractivity contribution in [3.63, 3.8) is 0 Å². The van der Waals surface area contributed by atoms with Gasteiger partial charge in [0.25, 0.3) is 0 Å². The highest BCUT2D eigenvalue weighted by atomic mass is 32.1. The molecule has 2 aromatic carbocycles. The van der Waals surface area contributed by atoms with Crippen LogP contribution in [0, 0.1) is 13.8 Å². The van der Waals surface area contributed by atoms with E-state index in [0.717, 1.165) is 16.9 Å². The number of methoxy groups -OCH3 is 1. The molecule has 1 N–H and O–H groups in total. The summed E-state index contributed by atoms with van der Waals surface area (Å²) in [6.07, 6.45) is 0. The maximum absolute atomic E-state index is 11.0. The topological polar surface area (TPSA) is 77.9 Å². The van der Waals surface area contributed by atoms with Gasteiger partial charge in [-0.1, -0.05) is 17.7 Å². The molecule has 0 radical (unpaired) electrons. The lowest BCUT2D eigenvalue weighted by Crippen LogP contribution is -2.10. The Balaban J connectivity index is 1.67. The number of carboxylic acid groups (broad SMARTS) is 1. The van der Waals surface area contributed by atoms with Crippen molar-refractivity contribution in [2.24, 2.45) is 0 Å². The van der Waals surface area contributed by atoms with Gasteiger partial charge in [-0.3, -0.25) is 0 Å². The SMILES string of the molecule is COc1ccc(-c2nc(C(=O)O)cs2)cc1OCCOc1ccc(C)cc1C. The first-order valence-corrected chi connectivity index (χ1v) is 9.56. The lowest BCUT2D eigenvalue weighted by atomic mass is 10.1. The number of carboxylic acids is 1. The van der Waals surface area contributed by atoms with Crippen LogP contribution in [0.3, 0.4) is 0 Å². The smallest absolute Gasteiger partial charge is 0.355 e. The molecule has 0 fully saturated rings. The summed E-state index contributed by atoms with van der Waals surface area (Å²) in [7, 11) is 1.57. The fourth-order valence-corrected chi connectivity index (χ4v) is 3.48. The molecule has 0 atom stereocenters. The average molecular weight is 399 g/mol. The Bertz CT molecular complexity index is 983. The minimum atomic E-state index is -1.05. The third kappa shape index (κ3) is 4.61. The largest absolute Gasteiger partial charge is 0.493 e. The highest BCUT2D eigenvalue weighted by Crippen LogP contribution is 2.34. The number of carbonyl (C=O) groups is 1. The number of rotatable bonds is 8. The third-order valence-corrected chi connectivity index (χ3v) is 4.95. The molecule has 146 valence electrons. The molecular weight excluding hydrogens is 378 g/mol. The zero-order valence-electron chi connectivity index (χ0n) is 15.9. The van der Waals surface area contributed by atoms with Gasteiger partial charge in [0.15, 0.2) is 17.2 Å². The van der Waals surface area contributed by atoms with Crippen LogP contribution in [-0.2, 0) is 0 Å². The monoisotopic (exact) mass is 399 g/mol. The first kappa shape index (κ1) is 19.7. The second kappa shape index (κ2) is 8.75. The zero-order valence-corrected chi connectivity index (χ0v) is 16.7. The molecule has 0 unspecified atom stereocenters. The summed E-state index contributed by atoms with van der Waals surface area (Å²) in [6.45, 7) is 4.78. The first-order valence-electron chi connectivity index (χ1n) is 8.68. The van der Waals surface area contributed by atoms with Crippen LogP contribution < -0.4 is 14.2 Å². The van der Waals surface area contributed by atoms with Gasteiger partial charge in [0, 0.05) is 10.9 Å². The molecule has 1 heterocycles. The molecule has 0 saturated heterocycles. The highest BCUT2D eigenvalue weighted by Gasteiger charge is 2.13. The van der Waals surface area contributed by atoms with Crippen LogP contribution in [0.25, 0.3) is 10.6 Å². The molecule has 0 aliphatic rings. The lowest BCUT2D eigenvalue weighted by molar-refractivity contribution is 0.0691. The predicted molar refractivity (Wildman–Crippen MR) is 108 cm³/mol. The van der Waals surface area contributed by atoms with E-state index in [1.807, 2.05) is 32.0 Å². The van der Waals surface area contributed by atoms with Crippen molar-refractivity contribution in [2.75, 3.05) is 20.3 Å². The Morgan fingerprint density at radius 3 is 2.39 bits per heavy atom. The normalized spacial score (nSPS) is 10.5. The zero-order chi connectivity index (χ0) is 20.1. The van der Waals surface area contributed by atoms with Gasteiger partial charge >= 0.3 is 5.97 Å². The van der Waals surface area contributed by atoms with Crippen molar-refractivity contribution in [1.82, 2.24) is 4.98 Å². The van der Waals surface area contributed by atoms with Gasteiger partial charge in [-0.2, -0.15) is 0 Å². The van der Waals surface area contributed by atoms with Crippen molar-refractivity contribution in [3.05, 3.63) is 58.6 Å². The number of hydrogen-bond acceptors (Lipinski definition) is 6. The average Bonchev–Trinajstić information content (AvgIpc) is 3.17. The molecule has 0 saturated carbocycles. The maximum atomic E-state index is 11.0. The van der Waals surface area contributed by atoms with Crippen molar-refractivity contribution in [3.8, 4) is 27.8 Å². The second-order valence-electron chi connectivity index (χ2n) is 6.17. The molecule has 7 heteroatoms. The number of ether oxygens (including phenoxy) is 3. The third-order valence-electron chi connectivity index (χ3n) is 4.06. The van der Waals surface area contributed by atoms with E-state index in [2.05, 4.69) is 11.1 Å². The Hall–Kier alpha value is -3.06. The minimum Gasteiger partial charge on any atom is -0.493 e. The quantitative estimate of drug-likeness (QED) is 0.558. The number of nitrogens with zero attached hydrogens (tertiary/aromatic N) is 1. The predicted octanol–water partition coefficient (Wildman–Crippen LogP) is 4.59. The van der Waals surface area contributed by atoms with E-state index in [1.165, 1.54) is 22.3 Å². The fourth-order valence-electron chi connectivity index (χ4n) is 2.69. The van der Waals surface area contributed by atoms with Crippen LogP contribution in [0.4, 0.5) is 0 Å². The van der Waals surface area contributed by atoms with Gasteiger partial charge in [-0.15, -0.1) is 11.3 Å². The van der Waals surface area contributed by atoms with E-state index in [-0.39, 0.29) is 5.69 Å². The number of hydrogen-bond donors (Lipinski definition) is 1. The molecule has 0 spiro atoms. The fraction of sp³-hybridized carbons (Fsp3) is 0.238. The van der Waals surface area contributed by atoms with Crippen LogP contribution in [0.15, 0.2) is 41.8 Å². The van der Waals surface area contributed by atoms with Crippen LogP contribution >= 0.6 is 11.3 Å². The van der Waals surface area contributed by atoms with Crippen molar-refractivity contribution in [1.29, 1.82) is 0 Å². The second-order valence-corrected chi connectivity index (χ2v) is 7.03. The Morgan fingerprint density at radius 2 is 1.75 bits per heavy atom. The van der Waals surface area contributed by atoms with Gasteiger partial charge in [0.1, 0.15) is 24.0 Å². The van der Waals surface area contributed by atoms with Gasteiger partial charge in [-0.05, 0) is 43.7 Å². The van der Waals surface area contributed by atoms with Crippen LogP contribution in [-0.4, -0.2) is 36.4 Å². The van der Waals surface area contributed by atoms with Gasteiger partial charge in [0.05, 0.1) is 7.11 Å². The molecule has 3 aromatic rings. The molecule has 0 aliphatic carbocycles. The Kier molecular flexibility index (Phi) is 6.16. The summed E-state index contributed by atoms with van der Waals surface area (Å²) in [6, 6.07) is 11.4. The number of aromatic carboxylic acids is 1. The summed E-state index contributed by atoms with van der Waals surface area (Å²) in [5.74, 6) is 0.927. The van der Waals surface area contributed by atoms with Gasteiger partial charge in [0.2, 0.25) is 0 Å². The Morgan fingerprint density at radius 1 is 1.04 bits per heavy atom. The van der Waals surface area contributed by atoms with E-state index in [9.17, 15) is 4.79 Å².